The number of H-pyrrole nitrogens is 1. The van der Waals surface area contributed by atoms with Crippen molar-refractivity contribution in [2.45, 2.75) is 45.3 Å². The topological polar surface area (TPSA) is 123 Å². The molecule has 1 aliphatic heterocycles. The quantitative estimate of drug-likeness (QED) is 0.281. The fourth-order valence-electron chi connectivity index (χ4n) is 4.04. The molecule has 0 aliphatic carbocycles. The van der Waals surface area contributed by atoms with Gasteiger partial charge >= 0.3 is 5.97 Å². The Bertz CT molecular complexity index is 1220. The van der Waals surface area contributed by atoms with Crippen molar-refractivity contribution in [3.63, 3.8) is 0 Å². The molecule has 0 bridgehead atoms. The molecule has 0 spiro atoms. The van der Waals surface area contributed by atoms with E-state index in [2.05, 4.69) is 20.2 Å². The van der Waals surface area contributed by atoms with E-state index in [4.69, 9.17) is 4.74 Å². The van der Waals surface area contributed by atoms with Crippen molar-refractivity contribution in [1.82, 2.24) is 29.6 Å². The molecule has 4 rings (SSSR count). The van der Waals surface area contributed by atoms with Gasteiger partial charge in [0.05, 0.1) is 30.0 Å². The van der Waals surface area contributed by atoms with Crippen LogP contribution < -0.4 is 0 Å². The van der Waals surface area contributed by atoms with Gasteiger partial charge in [-0.3, -0.25) is 14.2 Å². The van der Waals surface area contributed by atoms with Gasteiger partial charge in [0.2, 0.25) is 5.91 Å². The Kier molecular flexibility index (Phi) is 7.11. The number of ether oxygens (including phenoxy) is 1. The number of hydrogen-bond donors (Lipinski definition) is 1. The third kappa shape index (κ3) is 4.74. The lowest BCUT2D eigenvalue weighted by atomic mass is 10.1. The minimum absolute atomic E-state index is 0.0398. The molecule has 1 saturated heterocycles. The van der Waals surface area contributed by atoms with E-state index in [9.17, 15) is 14.4 Å². The number of carbonyl (C=O) groups is 3. The van der Waals surface area contributed by atoms with E-state index in [1.165, 1.54) is 11.8 Å². The summed E-state index contributed by atoms with van der Waals surface area (Å²) >= 11 is 1.21. The summed E-state index contributed by atoms with van der Waals surface area (Å²) < 4.78 is 6.91. The number of aromatic amines is 1. The number of ketones is 1. The van der Waals surface area contributed by atoms with Crippen molar-refractivity contribution in [1.29, 1.82) is 0 Å². The van der Waals surface area contributed by atoms with Crippen LogP contribution in [0.1, 0.15) is 57.7 Å². The smallest absolute Gasteiger partial charge is 0.340 e. The number of pyridine rings is 1. The van der Waals surface area contributed by atoms with Crippen LogP contribution in [0.4, 0.5) is 0 Å². The van der Waals surface area contributed by atoms with Crippen LogP contribution in [0.2, 0.25) is 0 Å². The van der Waals surface area contributed by atoms with Crippen LogP contribution in [0.5, 0.6) is 0 Å². The minimum Gasteiger partial charge on any atom is -0.462 e. The number of thioether (sulfide) groups is 1. The van der Waals surface area contributed by atoms with Crippen LogP contribution in [-0.2, 0) is 16.1 Å². The second-order valence-corrected chi connectivity index (χ2v) is 8.84. The van der Waals surface area contributed by atoms with E-state index < -0.39 is 5.97 Å². The lowest BCUT2D eigenvalue weighted by molar-refractivity contribution is -0.128. The molecule has 3 aromatic heterocycles. The van der Waals surface area contributed by atoms with Crippen molar-refractivity contribution in [3.8, 4) is 5.82 Å². The largest absolute Gasteiger partial charge is 0.462 e. The predicted molar refractivity (Wildman–Crippen MR) is 125 cm³/mol. The zero-order chi connectivity index (χ0) is 24.2. The number of carbonyl (C=O) groups excluding carboxylic acids is 3. The number of aryl methyl sites for hydroxylation is 2. The molecule has 0 aromatic carbocycles. The van der Waals surface area contributed by atoms with E-state index in [0.29, 0.717) is 53.3 Å². The summed E-state index contributed by atoms with van der Waals surface area (Å²) in [4.78, 5) is 47.0. The molecule has 0 atom stereocenters. The Balaban J connectivity index is 1.60. The molecule has 1 aliphatic rings. The number of rotatable bonds is 9. The molecule has 1 N–H and O–H groups in total. The molecule has 3 aromatic rings. The van der Waals surface area contributed by atoms with Gasteiger partial charge in [0.15, 0.2) is 16.8 Å². The van der Waals surface area contributed by atoms with Crippen LogP contribution in [0.3, 0.4) is 0 Å². The molecule has 10 nitrogen and oxygen atoms in total. The average molecular weight is 483 g/mol. The van der Waals surface area contributed by atoms with Crippen LogP contribution in [-0.4, -0.2) is 66.2 Å². The van der Waals surface area contributed by atoms with Gasteiger partial charge in [0.25, 0.3) is 0 Å². The van der Waals surface area contributed by atoms with Gasteiger partial charge in [0.1, 0.15) is 5.82 Å². The van der Waals surface area contributed by atoms with Crippen molar-refractivity contribution in [2.24, 2.45) is 0 Å². The Morgan fingerprint density at radius 1 is 1.18 bits per heavy atom. The molecule has 178 valence electrons. The molecular formula is C23H26N6O4S. The Hall–Kier alpha value is -3.47. The highest BCUT2D eigenvalue weighted by atomic mass is 32.2. The Labute approximate surface area is 201 Å². The first-order chi connectivity index (χ1) is 16.4. The molecule has 34 heavy (non-hydrogen) atoms. The third-order valence-electron chi connectivity index (χ3n) is 5.55. The van der Waals surface area contributed by atoms with Crippen LogP contribution >= 0.6 is 11.8 Å². The summed E-state index contributed by atoms with van der Waals surface area (Å²) in [6.45, 7) is 6.45. The average Bonchev–Trinajstić information content (AvgIpc) is 3.50. The number of amides is 1. The fraction of sp³-hybridized carbons (Fsp3) is 0.391. The van der Waals surface area contributed by atoms with Gasteiger partial charge in [-0.05, 0) is 39.3 Å². The second-order valence-electron chi connectivity index (χ2n) is 7.90. The second kappa shape index (κ2) is 10.2. The third-order valence-corrected chi connectivity index (χ3v) is 6.48. The van der Waals surface area contributed by atoms with Crippen molar-refractivity contribution in [3.05, 3.63) is 52.7 Å². The normalized spacial score (nSPS) is 13.5. The summed E-state index contributed by atoms with van der Waals surface area (Å²) in [5, 5.41) is 9.07. The van der Waals surface area contributed by atoms with Gasteiger partial charge in [-0.25, -0.2) is 9.78 Å². The van der Waals surface area contributed by atoms with E-state index in [1.54, 1.807) is 36.4 Å². The van der Waals surface area contributed by atoms with E-state index in [-0.39, 0.29) is 29.6 Å². The Morgan fingerprint density at radius 2 is 1.97 bits per heavy atom. The highest BCUT2D eigenvalue weighted by molar-refractivity contribution is 7.99. The maximum absolute atomic E-state index is 13.2. The zero-order valence-corrected chi connectivity index (χ0v) is 20.1. The number of hydrogen-bond acceptors (Lipinski definition) is 8. The minimum atomic E-state index is -0.521. The summed E-state index contributed by atoms with van der Waals surface area (Å²) in [5.74, 6) is 0.561. The van der Waals surface area contributed by atoms with Crippen LogP contribution in [0.25, 0.3) is 5.82 Å². The summed E-state index contributed by atoms with van der Waals surface area (Å²) in [7, 11) is 0. The first-order valence-electron chi connectivity index (χ1n) is 11.1. The van der Waals surface area contributed by atoms with E-state index in [1.807, 2.05) is 18.2 Å². The lowest BCUT2D eigenvalue weighted by Gasteiger charge is -2.16. The molecule has 11 heteroatoms. The summed E-state index contributed by atoms with van der Waals surface area (Å²) in [6.07, 6.45) is 3.02. The number of Topliss-reactive ketones (excluding diaryl/α,β-unsaturated/α-hetero) is 1. The monoisotopic (exact) mass is 482 g/mol. The summed E-state index contributed by atoms with van der Waals surface area (Å²) in [5.41, 5.74) is 1.81. The number of esters is 1. The number of likely N-dealkylation sites (tertiary alicyclic amines) is 1. The predicted octanol–water partition coefficient (Wildman–Crippen LogP) is 2.88. The molecule has 0 saturated carbocycles. The molecular weight excluding hydrogens is 456 g/mol. The van der Waals surface area contributed by atoms with Gasteiger partial charge in [-0.2, -0.15) is 0 Å². The van der Waals surface area contributed by atoms with Crippen molar-refractivity contribution < 1.29 is 19.1 Å². The first kappa shape index (κ1) is 23.7. The van der Waals surface area contributed by atoms with Crippen molar-refractivity contribution >= 4 is 29.4 Å². The molecule has 1 fully saturated rings. The van der Waals surface area contributed by atoms with E-state index >= 15 is 0 Å². The highest BCUT2D eigenvalue weighted by Crippen LogP contribution is 2.26. The summed E-state index contributed by atoms with van der Waals surface area (Å²) in [6, 6.07) is 5.48. The van der Waals surface area contributed by atoms with E-state index in [0.717, 1.165) is 6.42 Å². The standard InChI is InChI=1S/C23H26N6O4S/c1-4-33-22(32)21-15(3)25-14(2)20(21)16(30)13-34-23-27-26-18(12-28-11-7-9-19(28)31)29(23)17-8-5-6-10-24-17/h5-6,8,10,25H,4,7,9,11-13H2,1-3H3. The maximum Gasteiger partial charge on any atom is 0.340 e. The SMILES string of the molecule is CCOC(=O)c1c(C)[nH]c(C)c1C(=O)CSc1nnc(CN2CCCC2=O)n1-c1ccccn1. The number of nitrogens with zero attached hydrogens (tertiary/aromatic N) is 5. The molecule has 0 unspecified atom stereocenters. The number of nitrogens with one attached hydrogen (secondary N) is 1. The molecule has 1 amide bonds. The van der Waals surface area contributed by atoms with Crippen LogP contribution in [0, 0.1) is 13.8 Å². The molecule has 0 radical (unpaired) electrons. The lowest BCUT2D eigenvalue weighted by Crippen LogP contribution is -2.25. The highest BCUT2D eigenvalue weighted by Gasteiger charge is 2.27. The first-order valence-corrected chi connectivity index (χ1v) is 12.0. The fourth-order valence-corrected chi connectivity index (χ4v) is 4.88. The Morgan fingerprint density at radius 3 is 2.65 bits per heavy atom. The van der Waals surface area contributed by atoms with Gasteiger partial charge in [-0.15, -0.1) is 10.2 Å². The number of aromatic nitrogens is 5. The van der Waals surface area contributed by atoms with Crippen molar-refractivity contribution in [2.75, 3.05) is 18.9 Å². The zero-order valence-electron chi connectivity index (χ0n) is 19.3. The van der Waals surface area contributed by atoms with Gasteiger partial charge < -0.3 is 14.6 Å². The van der Waals surface area contributed by atoms with Crippen LogP contribution in [0.15, 0.2) is 29.6 Å². The van der Waals surface area contributed by atoms with Gasteiger partial charge in [-0.1, -0.05) is 17.8 Å². The van der Waals surface area contributed by atoms with Gasteiger partial charge in [0, 0.05) is 30.6 Å². The molecule has 4 heterocycles. The maximum atomic E-state index is 13.2.